The van der Waals surface area contributed by atoms with Gasteiger partial charge in [0.15, 0.2) is 0 Å². The van der Waals surface area contributed by atoms with Gasteiger partial charge in [-0.2, -0.15) is 0 Å². The number of aromatic nitrogens is 1. The average Bonchev–Trinajstić information content (AvgIpc) is 2.94. The third-order valence-corrected chi connectivity index (χ3v) is 3.15. The molecule has 0 aliphatic rings. The van der Waals surface area contributed by atoms with Gasteiger partial charge in [-0.25, -0.2) is 4.98 Å². The maximum absolute atomic E-state index is 11.7. The number of hydrogen-bond donors (Lipinski definition) is 2. The van der Waals surface area contributed by atoms with Crippen LogP contribution in [0.5, 0.6) is 0 Å². The molecule has 2 rings (SSSR count). The Balaban J connectivity index is 0.00000162. The van der Waals surface area contributed by atoms with E-state index >= 15 is 0 Å². The van der Waals surface area contributed by atoms with Crippen molar-refractivity contribution in [1.82, 2.24) is 10.3 Å². The van der Waals surface area contributed by atoms with Gasteiger partial charge in [0.25, 0.3) is 5.91 Å². The molecule has 5 nitrogen and oxygen atoms in total. The van der Waals surface area contributed by atoms with Crippen LogP contribution in [0.1, 0.15) is 26.8 Å². The number of rotatable bonds is 4. The van der Waals surface area contributed by atoms with Gasteiger partial charge in [0.1, 0.15) is 17.0 Å². The normalized spacial score (nSPS) is 9.37. The molecule has 0 saturated carbocycles. The summed E-state index contributed by atoms with van der Waals surface area (Å²) in [7, 11) is 0. The molecule has 0 atom stereocenters. The first-order chi connectivity index (χ1) is 8.19. The Kier molecular flexibility index (Phi) is 7.70. The molecule has 19 heavy (non-hydrogen) atoms. The summed E-state index contributed by atoms with van der Waals surface area (Å²) in [4.78, 5) is 16.0. The predicted molar refractivity (Wildman–Crippen MR) is 79.1 cm³/mol. The molecule has 1 amide bonds. The summed E-state index contributed by atoms with van der Waals surface area (Å²) in [5, 5.41) is 5.61. The minimum atomic E-state index is -0.179. The van der Waals surface area contributed by atoms with Gasteiger partial charge in [-0.1, -0.05) is 0 Å². The third kappa shape index (κ3) is 4.83. The second-order valence-corrected chi connectivity index (χ2v) is 4.51. The van der Waals surface area contributed by atoms with Crippen molar-refractivity contribution in [2.24, 2.45) is 5.73 Å². The van der Waals surface area contributed by atoms with Crippen LogP contribution in [0.15, 0.2) is 22.1 Å². The van der Waals surface area contributed by atoms with Gasteiger partial charge < -0.3 is 15.5 Å². The van der Waals surface area contributed by atoms with E-state index in [4.69, 9.17) is 10.2 Å². The van der Waals surface area contributed by atoms with Crippen molar-refractivity contribution in [2.75, 3.05) is 0 Å². The Morgan fingerprint density at radius 2 is 2.26 bits per heavy atom. The lowest BCUT2D eigenvalue weighted by atomic mass is 10.3. The minimum absolute atomic E-state index is 0. The molecule has 3 N–H and O–H groups in total. The zero-order valence-electron chi connectivity index (χ0n) is 10.2. The van der Waals surface area contributed by atoms with E-state index in [-0.39, 0.29) is 30.7 Å². The molecule has 2 aromatic heterocycles. The van der Waals surface area contributed by atoms with Gasteiger partial charge in [0.05, 0.1) is 18.7 Å². The second-order valence-electron chi connectivity index (χ2n) is 3.57. The van der Waals surface area contributed by atoms with E-state index in [1.54, 1.807) is 6.07 Å². The van der Waals surface area contributed by atoms with E-state index < -0.39 is 0 Å². The molecule has 2 aromatic rings. The van der Waals surface area contributed by atoms with Crippen LogP contribution in [-0.2, 0) is 13.1 Å². The highest BCUT2D eigenvalue weighted by atomic mass is 35.5. The quantitative estimate of drug-likeness (QED) is 0.904. The molecule has 0 unspecified atom stereocenters. The Hall–Kier alpha value is -1.08. The number of thiazole rings is 1. The summed E-state index contributed by atoms with van der Waals surface area (Å²) >= 11 is 1.53. The van der Waals surface area contributed by atoms with Gasteiger partial charge in [0.2, 0.25) is 0 Å². The smallest absolute Gasteiger partial charge is 0.254 e. The molecule has 8 heteroatoms. The van der Waals surface area contributed by atoms with Crippen LogP contribution < -0.4 is 11.1 Å². The lowest BCUT2D eigenvalue weighted by Gasteiger charge is -1.99. The number of amides is 1. The summed E-state index contributed by atoms with van der Waals surface area (Å²) in [5.41, 5.74) is 6.85. The van der Waals surface area contributed by atoms with Crippen LogP contribution in [-0.4, -0.2) is 10.9 Å². The Morgan fingerprint density at radius 1 is 1.53 bits per heavy atom. The van der Waals surface area contributed by atoms with E-state index in [9.17, 15) is 4.79 Å². The number of nitrogens with one attached hydrogen (secondary N) is 1. The van der Waals surface area contributed by atoms with Gasteiger partial charge >= 0.3 is 0 Å². The van der Waals surface area contributed by atoms with Crippen molar-refractivity contribution >= 4 is 42.1 Å². The van der Waals surface area contributed by atoms with Crippen LogP contribution >= 0.6 is 36.2 Å². The lowest BCUT2D eigenvalue weighted by molar-refractivity contribution is 0.0950. The summed E-state index contributed by atoms with van der Waals surface area (Å²) in [6.45, 7) is 2.64. The number of carbonyl (C=O) groups is 1. The number of nitrogens with two attached hydrogens (primary N) is 1. The number of aryl methyl sites for hydroxylation is 1. The van der Waals surface area contributed by atoms with Crippen LogP contribution in [0.4, 0.5) is 0 Å². The molecule has 2 heterocycles. The summed E-state index contributed by atoms with van der Waals surface area (Å²) in [5.74, 6) is 0.418. The van der Waals surface area contributed by atoms with Gasteiger partial charge in [-0.3, -0.25) is 4.79 Å². The molecule has 0 aliphatic carbocycles. The van der Waals surface area contributed by atoms with E-state index in [1.165, 1.54) is 17.6 Å². The molecular formula is C11H15Cl2N3O2S. The maximum Gasteiger partial charge on any atom is 0.254 e. The van der Waals surface area contributed by atoms with Crippen molar-refractivity contribution in [3.8, 4) is 0 Å². The highest BCUT2D eigenvalue weighted by Gasteiger charge is 2.09. The molecule has 0 aliphatic heterocycles. The van der Waals surface area contributed by atoms with E-state index in [1.807, 2.05) is 12.3 Å². The standard InChI is InChI=1S/C11H13N3O2S.2ClH/c1-7-6-17-10(14-7)4-13-11(15)8-2-9(3-12)16-5-8;;/h2,5-6H,3-4,12H2,1H3,(H,13,15);2*1H. The second kappa shape index (κ2) is 8.16. The van der Waals surface area contributed by atoms with E-state index in [0.29, 0.717) is 24.4 Å². The number of nitrogens with zero attached hydrogens (tertiary/aromatic N) is 1. The molecule has 0 spiro atoms. The van der Waals surface area contributed by atoms with Gasteiger partial charge in [0, 0.05) is 11.1 Å². The minimum Gasteiger partial charge on any atom is -0.467 e. The van der Waals surface area contributed by atoms with Crippen LogP contribution in [0.25, 0.3) is 0 Å². The van der Waals surface area contributed by atoms with Crippen molar-refractivity contribution in [1.29, 1.82) is 0 Å². The van der Waals surface area contributed by atoms with E-state index in [2.05, 4.69) is 10.3 Å². The summed E-state index contributed by atoms with van der Waals surface area (Å²) in [6, 6.07) is 1.64. The highest BCUT2D eigenvalue weighted by Crippen LogP contribution is 2.10. The van der Waals surface area contributed by atoms with Gasteiger partial charge in [-0.15, -0.1) is 36.2 Å². The molecular weight excluding hydrogens is 309 g/mol. The topological polar surface area (TPSA) is 81.2 Å². The van der Waals surface area contributed by atoms with Crippen LogP contribution in [0.2, 0.25) is 0 Å². The fourth-order valence-electron chi connectivity index (χ4n) is 1.35. The number of furan rings is 1. The number of halogens is 2. The van der Waals surface area contributed by atoms with Crippen molar-refractivity contribution < 1.29 is 9.21 Å². The molecule has 0 radical (unpaired) electrons. The number of carbonyl (C=O) groups excluding carboxylic acids is 1. The zero-order valence-corrected chi connectivity index (χ0v) is 12.7. The molecule has 0 saturated heterocycles. The predicted octanol–water partition coefficient (Wildman–Crippen LogP) is 2.28. The van der Waals surface area contributed by atoms with Crippen molar-refractivity contribution in [2.45, 2.75) is 20.0 Å². The molecule has 0 bridgehead atoms. The SMILES string of the molecule is Cc1csc(CNC(=O)c2coc(CN)c2)n1.Cl.Cl. The van der Waals surface area contributed by atoms with Gasteiger partial charge in [-0.05, 0) is 13.0 Å². The largest absolute Gasteiger partial charge is 0.467 e. The maximum atomic E-state index is 11.7. The Labute approximate surface area is 127 Å². The lowest BCUT2D eigenvalue weighted by Crippen LogP contribution is -2.22. The first-order valence-electron chi connectivity index (χ1n) is 5.15. The van der Waals surface area contributed by atoms with Crippen LogP contribution in [0, 0.1) is 6.92 Å². The zero-order chi connectivity index (χ0) is 12.3. The fraction of sp³-hybridized carbons (Fsp3) is 0.273. The Bertz CT molecular complexity index is 527. The van der Waals surface area contributed by atoms with Crippen molar-refractivity contribution in [3.63, 3.8) is 0 Å². The van der Waals surface area contributed by atoms with Crippen LogP contribution in [0.3, 0.4) is 0 Å². The van der Waals surface area contributed by atoms with Crippen molar-refractivity contribution in [3.05, 3.63) is 39.7 Å². The summed E-state index contributed by atoms with van der Waals surface area (Å²) < 4.78 is 5.09. The molecule has 0 fully saturated rings. The average molecular weight is 324 g/mol. The first-order valence-corrected chi connectivity index (χ1v) is 6.03. The Morgan fingerprint density at radius 3 is 2.79 bits per heavy atom. The fourth-order valence-corrected chi connectivity index (χ4v) is 2.06. The van der Waals surface area contributed by atoms with E-state index in [0.717, 1.165) is 10.7 Å². The third-order valence-electron chi connectivity index (χ3n) is 2.18. The monoisotopic (exact) mass is 323 g/mol. The summed E-state index contributed by atoms with van der Waals surface area (Å²) in [6.07, 6.45) is 1.41. The highest BCUT2D eigenvalue weighted by molar-refractivity contribution is 7.09. The molecule has 0 aromatic carbocycles. The number of hydrogen-bond acceptors (Lipinski definition) is 5. The first kappa shape index (κ1) is 17.9. The molecule has 106 valence electrons.